The molecule has 1 atom stereocenters. The van der Waals surface area contributed by atoms with Crippen LogP contribution in [-0.4, -0.2) is 78.9 Å². The standard InChI is InChI=1S/C22H27ClN4O2S/c1-25-8-2-4-17(15-25)26-9-11-27(12-10-26)22(29)16-6-7-18(23)19(14-16)24-21(28)20-5-3-13-30-20/h3,5-7,13-14,17H,2,4,8-12,15H2,1H3,(H,24,28). The van der Waals surface area contributed by atoms with Crippen LogP contribution in [0.2, 0.25) is 5.02 Å². The molecule has 3 heterocycles. The van der Waals surface area contributed by atoms with Crippen LogP contribution < -0.4 is 5.32 Å². The fraction of sp³-hybridized carbons (Fsp3) is 0.455. The number of amides is 2. The number of thiophene rings is 1. The number of nitrogens with zero attached hydrogens (tertiary/aromatic N) is 3. The van der Waals surface area contributed by atoms with E-state index in [-0.39, 0.29) is 11.8 Å². The van der Waals surface area contributed by atoms with Gasteiger partial charge in [0.2, 0.25) is 0 Å². The van der Waals surface area contributed by atoms with Crippen molar-refractivity contribution in [3.05, 3.63) is 51.2 Å². The SMILES string of the molecule is CN1CCCC(N2CCN(C(=O)c3ccc(Cl)c(NC(=O)c4cccs4)c3)CC2)C1. The number of benzene rings is 1. The van der Waals surface area contributed by atoms with E-state index >= 15 is 0 Å². The zero-order valence-electron chi connectivity index (χ0n) is 17.1. The lowest BCUT2D eigenvalue weighted by atomic mass is 10.0. The minimum atomic E-state index is -0.220. The van der Waals surface area contributed by atoms with Crippen molar-refractivity contribution in [2.75, 3.05) is 51.6 Å². The zero-order chi connectivity index (χ0) is 21.1. The Kier molecular flexibility index (Phi) is 6.73. The summed E-state index contributed by atoms with van der Waals surface area (Å²) in [5.41, 5.74) is 1.01. The van der Waals surface area contributed by atoms with Gasteiger partial charge < -0.3 is 15.1 Å². The highest BCUT2D eigenvalue weighted by atomic mass is 35.5. The number of anilines is 1. The molecule has 2 amide bonds. The molecule has 160 valence electrons. The molecule has 0 spiro atoms. The molecular weight excluding hydrogens is 420 g/mol. The lowest BCUT2D eigenvalue weighted by Gasteiger charge is -2.42. The number of piperazine rings is 1. The summed E-state index contributed by atoms with van der Waals surface area (Å²) in [6.07, 6.45) is 2.48. The van der Waals surface area contributed by atoms with E-state index in [2.05, 4.69) is 22.2 Å². The maximum Gasteiger partial charge on any atom is 0.265 e. The molecule has 1 aromatic heterocycles. The Hall–Kier alpha value is -1.93. The van der Waals surface area contributed by atoms with Crippen LogP contribution in [0.25, 0.3) is 0 Å². The van der Waals surface area contributed by atoms with Crippen molar-refractivity contribution in [1.29, 1.82) is 0 Å². The Morgan fingerprint density at radius 3 is 2.63 bits per heavy atom. The van der Waals surface area contributed by atoms with Gasteiger partial charge in [-0.05, 0) is 56.1 Å². The van der Waals surface area contributed by atoms with E-state index in [0.29, 0.717) is 27.2 Å². The summed E-state index contributed by atoms with van der Waals surface area (Å²) in [5.74, 6) is -0.235. The van der Waals surface area contributed by atoms with Gasteiger partial charge in [-0.25, -0.2) is 0 Å². The minimum absolute atomic E-state index is 0.0151. The molecule has 1 N–H and O–H groups in total. The van der Waals surface area contributed by atoms with E-state index in [4.69, 9.17) is 11.6 Å². The Labute approximate surface area is 186 Å². The van der Waals surface area contributed by atoms with Gasteiger partial charge in [0.05, 0.1) is 15.6 Å². The quantitative estimate of drug-likeness (QED) is 0.780. The molecule has 6 nitrogen and oxygen atoms in total. The summed E-state index contributed by atoms with van der Waals surface area (Å²) < 4.78 is 0. The number of likely N-dealkylation sites (N-methyl/N-ethyl adjacent to an activating group) is 1. The van der Waals surface area contributed by atoms with Gasteiger partial charge in [-0.1, -0.05) is 17.7 Å². The van der Waals surface area contributed by atoms with Crippen LogP contribution in [-0.2, 0) is 0 Å². The molecule has 30 heavy (non-hydrogen) atoms. The van der Waals surface area contributed by atoms with Crippen molar-refractivity contribution < 1.29 is 9.59 Å². The average Bonchev–Trinajstić information content (AvgIpc) is 3.30. The van der Waals surface area contributed by atoms with Crippen LogP contribution in [0.5, 0.6) is 0 Å². The smallest absolute Gasteiger partial charge is 0.265 e. The summed E-state index contributed by atoms with van der Waals surface area (Å²) in [5, 5.41) is 5.09. The monoisotopic (exact) mass is 446 g/mol. The minimum Gasteiger partial charge on any atom is -0.336 e. The summed E-state index contributed by atoms with van der Waals surface area (Å²) in [7, 11) is 2.18. The molecule has 1 aromatic carbocycles. The first-order valence-corrected chi connectivity index (χ1v) is 11.6. The van der Waals surface area contributed by atoms with Crippen LogP contribution in [0.15, 0.2) is 35.7 Å². The van der Waals surface area contributed by atoms with Gasteiger partial charge in [-0.15, -0.1) is 11.3 Å². The number of hydrogen-bond acceptors (Lipinski definition) is 5. The topological polar surface area (TPSA) is 55.9 Å². The molecule has 0 saturated carbocycles. The van der Waals surface area contributed by atoms with E-state index in [0.717, 1.165) is 32.7 Å². The number of hydrogen-bond donors (Lipinski definition) is 1. The van der Waals surface area contributed by atoms with Gasteiger partial charge in [0.25, 0.3) is 11.8 Å². The summed E-state index contributed by atoms with van der Waals surface area (Å²) in [6.45, 7) is 5.53. The molecule has 4 rings (SSSR count). The number of piperidine rings is 1. The normalized spacial score (nSPS) is 20.9. The molecule has 2 saturated heterocycles. The first kappa shape index (κ1) is 21.3. The van der Waals surface area contributed by atoms with Crippen LogP contribution in [0, 0.1) is 0 Å². The number of carbonyl (C=O) groups excluding carboxylic acids is 2. The highest BCUT2D eigenvalue weighted by molar-refractivity contribution is 7.12. The van der Waals surface area contributed by atoms with Crippen LogP contribution in [0.1, 0.15) is 32.9 Å². The molecular formula is C22H27ClN4O2S. The van der Waals surface area contributed by atoms with Crippen LogP contribution in [0.4, 0.5) is 5.69 Å². The lowest BCUT2D eigenvalue weighted by molar-refractivity contribution is 0.0452. The van der Waals surface area contributed by atoms with E-state index < -0.39 is 0 Å². The third kappa shape index (κ3) is 4.86. The van der Waals surface area contributed by atoms with E-state index in [9.17, 15) is 9.59 Å². The third-order valence-electron chi connectivity index (χ3n) is 5.92. The molecule has 2 aliphatic rings. The molecule has 2 aromatic rings. The van der Waals surface area contributed by atoms with Crippen molar-refractivity contribution >= 4 is 40.4 Å². The van der Waals surface area contributed by atoms with Gasteiger partial charge in [0, 0.05) is 44.3 Å². The predicted octanol–water partition coefficient (Wildman–Crippen LogP) is 3.51. The third-order valence-corrected chi connectivity index (χ3v) is 7.12. The van der Waals surface area contributed by atoms with Gasteiger partial charge in [0.15, 0.2) is 0 Å². The molecule has 8 heteroatoms. The Balaban J connectivity index is 1.38. The van der Waals surface area contributed by atoms with Gasteiger partial charge >= 0.3 is 0 Å². The van der Waals surface area contributed by atoms with Crippen molar-refractivity contribution in [1.82, 2.24) is 14.7 Å². The van der Waals surface area contributed by atoms with Gasteiger partial charge in [-0.3, -0.25) is 14.5 Å². The summed E-state index contributed by atoms with van der Waals surface area (Å²) in [6, 6.07) is 9.26. The second-order valence-corrected chi connectivity index (χ2v) is 9.37. The van der Waals surface area contributed by atoms with Crippen molar-refractivity contribution in [2.45, 2.75) is 18.9 Å². The van der Waals surface area contributed by atoms with E-state index in [1.807, 2.05) is 16.3 Å². The maximum absolute atomic E-state index is 13.1. The van der Waals surface area contributed by atoms with Crippen molar-refractivity contribution in [3.63, 3.8) is 0 Å². The predicted molar refractivity (Wildman–Crippen MR) is 122 cm³/mol. The fourth-order valence-corrected chi connectivity index (χ4v) is 5.04. The summed E-state index contributed by atoms with van der Waals surface area (Å²) >= 11 is 7.63. The number of nitrogens with one attached hydrogen (secondary N) is 1. The largest absolute Gasteiger partial charge is 0.336 e. The molecule has 1 unspecified atom stereocenters. The molecule has 0 aliphatic carbocycles. The second-order valence-electron chi connectivity index (χ2n) is 8.01. The van der Waals surface area contributed by atoms with Crippen molar-refractivity contribution in [3.8, 4) is 0 Å². The Morgan fingerprint density at radius 1 is 1.13 bits per heavy atom. The van der Waals surface area contributed by atoms with Crippen molar-refractivity contribution in [2.24, 2.45) is 0 Å². The Bertz CT molecular complexity index is 897. The number of halogens is 1. The highest BCUT2D eigenvalue weighted by Crippen LogP contribution is 2.26. The van der Waals surface area contributed by atoms with Gasteiger partial charge in [-0.2, -0.15) is 0 Å². The zero-order valence-corrected chi connectivity index (χ0v) is 18.7. The number of carbonyl (C=O) groups is 2. The average molecular weight is 447 g/mol. The second kappa shape index (κ2) is 9.47. The first-order valence-electron chi connectivity index (χ1n) is 10.4. The maximum atomic E-state index is 13.1. The molecule has 0 radical (unpaired) electrons. The number of rotatable bonds is 4. The first-order chi connectivity index (χ1) is 14.5. The molecule has 0 bridgehead atoms. The van der Waals surface area contributed by atoms with E-state index in [1.165, 1.54) is 30.7 Å². The van der Waals surface area contributed by atoms with Crippen LogP contribution in [0.3, 0.4) is 0 Å². The summed E-state index contributed by atoms with van der Waals surface area (Å²) in [4.78, 5) is 32.8. The van der Waals surface area contributed by atoms with E-state index in [1.54, 1.807) is 24.3 Å². The van der Waals surface area contributed by atoms with Gasteiger partial charge in [0.1, 0.15) is 0 Å². The lowest BCUT2D eigenvalue weighted by Crippen LogP contribution is -2.55. The van der Waals surface area contributed by atoms with Crippen LogP contribution >= 0.6 is 22.9 Å². The number of likely N-dealkylation sites (tertiary alicyclic amines) is 1. The Morgan fingerprint density at radius 2 is 1.93 bits per heavy atom. The molecule has 2 fully saturated rings. The highest BCUT2D eigenvalue weighted by Gasteiger charge is 2.29. The molecule has 2 aliphatic heterocycles. The fourth-order valence-electron chi connectivity index (χ4n) is 4.26.